The Bertz CT molecular complexity index is 630. The Kier molecular flexibility index (Phi) is 3.78. The highest BCUT2D eigenvalue weighted by Crippen LogP contribution is 2.27. The van der Waals surface area contributed by atoms with Gasteiger partial charge in [-0.1, -0.05) is 43.3 Å². The van der Waals surface area contributed by atoms with Gasteiger partial charge in [0, 0.05) is 21.8 Å². The predicted molar refractivity (Wildman–Crippen MR) is 77.1 cm³/mol. The Morgan fingerprint density at radius 2 is 1.71 bits per heavy atom. The maximum Gasteiger partial charge on any atom is 0.0497 e. The van der Waals surface area contributed by atoms with Crippen LogP contribution in [0.3, 0.4) is 0 Å². The number of aromatic amines is 1. The lowest BCUT2D eigenvalue weighted by molar-refractivity contribution is 0.664. The molecule has 2 nitrogen and oxygen atoms in total. The molecule has 0 amide bonds. The van der Waals surface area contributed by atoms with Crippen LogP contribution in [0, 0.1) is 0 Å². The zero-order valence-corrected chi connectivity index (χ0v) is 10.9. The molecule has 0 aliphatic rings. The van der Waals surface area contributed by atoms with Crippen LogP contribution in [0.2, 0.25) is 0 Å². The van der Waals surface area contributed by atoms with Crippen LogP contribution in [-0.2, 0) is 6.42 Å². The molecule has 0 aliphatic heterocycles. The van der Waals surface area contributed by atoms with Crippen LogP contribution in [0.25, 0.3) is 21.8 Å². The van der Waals surface area contributed by atoms with E-state index in [-0.39, 0.29) is 0 Å². The number of fused-ring (bicyclic) bond motifs is 3. The first-order valence-corrected chi connectivity index (χ1v) is 6.16. The number of aryl methyl sites for hydroxylation is 1. The molecule has 17 heavy (non-hydrogen) atoms. The summed E-state index contributed by atoms with van der Waals surface area (Å²) < 4.78 is 0. The van der Waals surface area contributed by atoms with Gasteiger partial charge in [0.2, 0.25) is 0 Å². The van der Waals surface area contributed by atoms with Crippen molar-refractivity contribution < 1.29 is 4.89 Å². The van der Waals surface area contributed by atoms with Gasteiger partial charge >= 0.3 is 0 Å². The highest BCUT2D eigenvalue weighted by molar-refractivity contribution is 7.08. The van der Waals surface area contributed by atoms with Gasteiger partial charge < -0.3 is 9.88 Å². The predicted octanol–water partition coefficient (Wildman–Crippen LogP) is 3.65. The van der Waals surface area contributed by atoms with Crippen LogP contribution in [0.4, 0.5) is 0 Å². The second kappa shape index (κ2) is 5.31. The average molecular weight is 245 g/mol. The van der Waals surface area contributed by atoms with E-state index in [1.54, 1.807) is 0 Å². The van der Waals surface area contributed by atoms with Crippen molar-refractivity contribution in [1.82, 2.24) is 4.98 Å². The SMILES string of the molecule is CCc1cccc2c1[nH]c1ccccc12.OP. The number of para-hydroxylation sites is 2. The maximum atomic E-state index is 6.92. The average Bonchev–Trinajstić information content (AvgIpc) is 2.79. The molecular weight excluding hydrogens is 229 g/mol. The van der Waals surface area contributed by atoms with Crippen molar-refractivity contribution in [3.8, 4) is 0 Å². The van der Waals surface area contributed by atoms with E-state index in [0.29, 0.717) is 0 Å². The molecule has 0 radical (unpaired) electrons. The summed E-state index contributed by atoms with van der Waals surface area (Å²) in [6.45, 7) is 2.19. The Balaban J connectivity index is 0.000000514. The van der Waals surface area contributed by atoms with Crippen molar-refractivity contribution in [3.05, 3.63) is 48.0 Å². The molecule has 2 aromatic carbocycles. The van der Waals surface area contributed by atoms with Crippen molar-refractivity contribution in [2.24, 2.45) is 0 Å². The summed E-state index contributed by atoms with van der Waals surface area (Å²) in [5.74, 6) is 0. The molecule has 3 aromatic rings. The van der Waals surface area contributed by atoms with Gasteiger partial charge in [-0.05, 0) is 27.5 Å². The number of rotatable bonds is 1. The van der Waals surface area contributed by atoms with E-state index in [0.717, 1.165) is 6.42 Å². The lowest BCUT2D eigenvalue weighted by Crippen LogP contribution is -1.80. The van der Waals surface area contributed by atoms with Crippen LogP contribution < -0.4 is 0 Å². The molecule has 0 bridgehead atoms. The molecule has 3 rings (SSSR count). The van der Waals surface area contributed by atoms with Crippen LogP contribution in [0.1, 0.15) is 12.5 Å². The molecule has 0 aliphatic carbocycles. The van der Waals surface area contributed by atoms with Gasteiger partial charge in [-0.2, -0.15) is 0 Å². The molecule has 88 valence electrons. The Morgan fingerprint density at radius 1 is 1.00 bits per heavy atom. The molecule has 0 saturated carbocycles. The fourth-order valence-corrected chi connectivity index (χ4v) is 2.23. The van der Waals surface area contributed by atoms with E-state index in [1.165, 1.54) is 36.8 Å². The quantitative estimate of drug-likeness (QED) is 0.631. The van der Waals surface area contributed by atoms with E-state index >= 15 is 0 Å². The minimum Gasteiger partial charge on any atom is -0.380 e. The second-order valence-corrected chi connectivity index (χ2v) is 3.86. The number of aromatic nitrogens is 1. The van der Waals surface area contributed by atoms with E-state index < -0.39 is 0 Å². The first-order valence-electron chi connectivity index (χ1n) is 5.64. The van der Waals surface area contributed by atoms with Gasteiger partial charge in [0.1, 0.15) is 0 Å². The lowest BCUT2D eigenvalue weighted by Gasteiger charge is -1.97. The maximum absolute atomic E-state index is 6.92. The lowest BCUT2D eigenvalue weighted by atomic mass is 10.1. The molecule has 1 unspecified atom stereocenters. The normalized spacial score (nSPS) is 10.3. The standard InChI is InChI=1S/C14H13N.H3OP/c1-2-10-6-5-8-12-11-7-3-4-9-13(11)15-14(10)12;1-2/h3-9,15H,2H2,1H3;1H,2H2. The Labute approximate surface area is 103 Å². The largest absolute Gasteiger partial charge is 0.380 e. The van der Waals surface area contributed by atoms with Crippen LogP contribution in [0.5, 0.6) is 0 Å². The summed E-state index contributed by atoms with van der Waals surface area (Å²) >= 11 is 0. The smallest absolute Gasteiger partial charge is 0.0497 e. The summed E-state index contributed by atoms with van der Waals surface area (Å²) in [7, 11) is 1.42. The number of benzene rings is 2. The van der Waals surface area contributed by atoms with Crippen molar-refractivity contribution in [1.29, 1.82) is 0 Å². The minimum atomic E-state index is 1.07. The highest BCUT2D eigenvalue weighted by atomic mass is 31.0. The van der Waals surface area contributed by atoms with Crippen molar-refractivity contribution in [2.75, 3.05) is 0 Å². The number of hydrogen-bond donors (Lipinski definition) is 2. The third kappa shape index (κ3) is 2.06. The van der Waals surface area contributed by atoms with E-state index in [1.807, 2.05) is 0 Å². The number of nitrogens with one attached hydrogen (secondary N) is 1. The fourth-order valence-electron chi connectivity index (χ4n) is 2.23. The first kappa shape index (κ1) is 12.1. The molecule has 0 fully saturated rings. The van der Waals surface area contributed by atoms with Crippen molar-refractivity contribution in [3.63, 3.8) is 0 Å². The monoisotopic (exact) mass is 245 g/mol. The van der Waals surface area contributed by atoms with Crippen LogP contribution in [-0.4, -0.2) is 9.88 Å². The summed E-state index contributed by atoms with van der Waals surface area (Å²) in [6, 6.07) is 15.0. The third-order valence-corrected chi connectivity index (χ3v) is 3.01. The Hall–Kier alpha value is -1.37. The van der Waals surface area contributed by atoms with Crippen molar-refractivity contribution in [2.45, 2.75) is 13.3 Å². The fraction of sp³-hybridized carbons (Fsp3) is 0.143. The van der Waals surface area contributed by atoms with Gasteiger partial charge in [-0.3, -0.25) is 0 Å². The van der Waals surface area contributed by atoms with E-state index in [4.69, 9.17) is 4.89 Å². The molecule has 0 spiro atoms. The molecular formula is C14H16NOP. The molecule has 1 heterocycles. The van der Waals surface area contributed by atoms with Gasteiger partial charge in [0.05, 0.1) is 0 Å². The molecule has 2 N–H and O–H groups in total. The molecule has 1 atom stereocenters. The van der Waals surface area contributed by atoms with Gasteiger partial charge in [0.15, 0.2) is 0 Å². The first-order chi connectivity index (χ1) is 8.40. The van der Waals surface area contributed by atoms with Gasteiger partial charge in [-0.25, -0.2) is 0 Å². The van der Waals surface area contributed by atoms with E-state index in [9.17, 15) is 0 Å². The molecule has 0 saturated heterocycles. The van der Waals surface area contributed by atoms with Crippen LogP contribution >= 0.6 is 9.47 Å². The highest BCUT2D eigenvalue weighted by Gasteiger charge is 2.05. The molecule has 3 heteroatoms. The topological polar surface area (TPSA) is 36.0 Å². The third-order valence-electron chi connectivity index (χ3n) is 3.01. The van der Waals surface area contributed by atoms with Crippen LogP contribution in [0.15, 0.2) is 42.5 Å². The summed E-state index contributed by atoms with van der Waals surface area (Å²) in [5, 5.41) is 2.66. The summed E-state index contributed by atoms with van der Waals surface area (Å²) in [4.78, 5) is 10.4. The molecule has 1 aromatic heterocycles. The minimum absolute atomic E-state index is 1.07. The summed E-state index contributed by atoms with van der Waals surface area (Å²) in [5.41, 5.74) is 3.92. The van der Waals surface area contributed by atoms with E-state index in [2.05, 4.69) is 54.4 Å². The zero-order valence-electron chi connectivity index (χ0n) is 9.77. The number of hydrogen-bond acceptors (Lipinski definition) is 1. The van der Waals surface area contributed by atoms with Crippen molar-refractivity contribution >= 4 is 31.3 Å². The van der Waals surface area contributed by atoms with Gasteiger partial charge in [0.25, 0.3) is 0 Å². The zero-order chi connectivity index (χ0) is 12.3. The number of H-pyrrole nitrogens is 1. The summed E-state index contributed by atoms with van der Waals surface area (Å²) in [6.07, 6.45) is 1.07. The Morgan fingerprint density at radius 3 is 2.47 bits per heavy atom. The second-order valence-electron chi connectivity index (χ2n) is 3.86. The van der Waals surface area contributed by atoms with Gasteiger partial charge in [-0.15, -0.1) is 0 Å².